The Morgan fingerprint density at radius 1 is 1.29 bits per heavy atom. The predicted octanol–water partition coefficient (Wildman–Crippen LogP) is 3.54. The number of hydrogen-bond donors (Lipinski definition) is 0. The minimum Gasteiger partial charge on any atom is -0.329 e. The van der Waals surface area contributed by atoms with Gasteiger partial charge in [0.25, 0.3) is 5.91 Å². The summed E-state index contributed by atoms with van der Waals surface area (Å²) in [6.45, 7) is 0.446. The molecule has 0 radical (unpaired) electrons. The van der Waals surface area contributed by atoms with Crippen molar-refractivity contribution in [3.8, 4) is 0 Å². The summed E-state index contributed by atoms with van der Waals surface area (Å²) in [4.78, 5) is 18.1. The molecule has 1 aliphatic heterocycles. The maximum Gasteiger partial charge on any atom is 0.257 e. The van der Waals surface area contributed by atoms with Crippen LogP contribution in [0.25, 0.3) is 0 Å². The van der Waals surface area contributed by atoms with E-state index < -0.39 is 28.9 Å². The van der Waals surface area contributed by atoms with Crippen LogP contribution in [0.15, 0.2) is 23.7 Å². The predicted molar refractivity (Wildman–Crippen MR) is 71.4 cm³/mol. The first kappa shape index (κ1) is 14.1. The Hall–Kier alpha value is -1.89. The zero-order valence-electron chi connectivity index (χ0n) is 10.9. The van der Waals surface area contributed by atoms with Crippen molar-refractivity contribution in [3.05, 3.63) is 51.7 Å². The number of halogens is 3. The fraction of sp³-hybridized carbons (Fsp3) is 0.286. The van der Waals surface area contributed by atoms with Crippen LogP contribution in [0.4, 0.5) is 13.2 Å². The quantitative estimate of drug-likeness (QED) is 0.795. The van der Waals surface area contributed by atoms with Crippen molar-refractivity contribution < 1.29 is 18.0 Å². The van der Waals surface area contributed by atoms with Gasteiger partial charge < -0.3 is 4.90 Å². The third kappa shape index (κ3) is 2.42. The van der Waals surface area contributed by atoms with Crippen LogP contribution in [0.3, 0.4) is 0 Å². The fourth-order valence-corrected chi connectivity index (χ4v) is 3.30. The number of carbonyl (C=O) groups excluding carboxylic acids is 1. The Bertz CT molecular complexity index is 675. The summed E-state index contributed by atoms with van der Waals surface area (Å²) in [5.74, 6) is -5.00. The van der Waals surface area contributed by atoms with Crippen LogP contribution in [-0.4, -0.2) is 22.3 Å². The first-order valence-electron chi connectivity index (χ1n) is 6.43. The topological polar surface area (TPSA) is 33.2 Å². The first-order valence-corrected chi connectivity index (χ1v) is 7.31. The summed E-state index contributed by atoms with van der Waals surface area (Å²) in [6.07, 6.45) is 3.13. The van der Waals surface area contributed by atoms with Crippen LogP contribution in [-0.2, 0) is 0 Å². The summed E-state index contributed by atoms with van der Waals surface area (Å²) in [5.41, 5.74) is -0.447. The molecule has 3 rings (SSSR count). The van der Waals surface area contributed by atoms with E-state index in [2.05, 4.69) is 4.98 Å². The van der Waals surface area contributed by atoms with Crippen molar-refractivity contribution in [2.45, 2.75) is 18.9 Å². The Morgan fingerprint density at radius 2 is 2.10 bits per heavy atom. The highest BCUT2D eigenvalue weighted by atomic mass is 32.1. The van der Waals surface area contributed by atoms with Gasteiger partial charge in [-0.15, -0.1) is 11.3 Å². The summed E-state index contributed by atoms with van der Waals surface area (Å²) >= 11 is 1.41. The van der Waals surface area contributed by atoms with Gasteiger partial charge in [-0.2, -0.15) is 0 Å². The average molecular weight is 312 g/mol. The largest absolute Gasteiger partial charge is 0.329 e. The second kappa shape index (κ2) is 5.48. The normalized spacial score (nSPS) is 18.2. The molecule has 7 heteroatoms. The Kier molecular flexibility index (Phi) is 3.67. The molecule has 1 unspecified atom stereocenters. The minimum absolute atomic E-state index is 0.231. The molecule has 0 saturated carbocycles. The minimum atomic E-state index is -1.62. The van der Waals surface area contributed by atoms with E-state index in [9.17, 15) is 18.0 Å². The van der Waals surface area contributed by atoms with Gasteiger partial charge in [-0.3, -0.25) is 4.79 Å². The molecule has 2 aromatic rings. The van der Waals surface area contributed by atoms with Gasteiger partial charge in [0.2, 0.25) is 0 Å². The fourth-order valence-electron chi connectivity index (χ4n) is 2.51. The molecule has 1 aromatic heterocycles. The number of rotatable bonds is 2. The molecular weight excluding hydrogens is 301 g/mol. The van der Waals surface area contributed by atoms with Gasteiger partial charge in [-0.1, -0.05) is 0 Å². The van der Waals surface area contributed by atoms with E-state index in [1.807, 2.05) is 0 Å². The van der Waals surface area contributed by atoms with Crippen LogP contribution >= 0.6 is 11.3 Å². The molecule has 1 saturated heterocycles. The van der Waals surface area contributed by atoms with Gasteiger partial charge in [0.1, 0.15) is 5.01 Å². The molecule has 0 spiro atoms. The number of hydrogen-bond acceptors (Lipinski definition) is 3. The number of thiazole rings is 1. The standard InChI is InChI=1S/C14H11F3N2OS/c15-9-4-3-8(11(16)12(9)17)14(20)19-6-1-2-10(19)13-18-5-7-21-13/h3-5,7,10H,1-2,6H2. The lowest BCUT2D eigenvalue weighted by Gasteiger charge is -2.23. The van der Waals surface area contributed by atoms with Crippen molar-refractivity contribution in [1.29, 1.82) is 0 Å². The van der Waals surface area contributed by atoms with Gasteiger partial charge >= 0.3 is 0 Å². The van der Waals surface area contributed by atoms with Gasteiger partial charge in [0.15, 0.2) is 17.5 Å². The van der Waals surface area contributed by atoms with E-state index in [0.29, 0.717) is 6.54 Å². The Morgan fingerprint density at radius 3 is 2.81 bits per heavy atom. The lowest BCUT2D eigenvalue weighted by Crippen LogP contribution is -2.31. The molecule has 1 aliphatic rings. The molecule has 1 amide bonds. The Balaban J connectivity index is 1.93. The van der Waals surface area contributed by atoms with Crippen LogP contribution in [0.1, 0.15) is 34.2 Å². The molecule has 0 N–H and O–H groups in total. The van der Waals surface area contributed by atoms with E-state index in [1.165, 1.54) is 16.2 Å². The summed E-state index contributed by atoms with van der Waals surface area (Å²) in [7, 11) is 0. The maximum atomic E-state index is 13.8. The zero-order valence-corrected chi connectivity index (χ0v) is 11.7. The van der Waals surface area contributed by atoms with Crippen LogP contribution in [0.2, 0.25) is 0 Å². The molecule has 0 aliphatic carbocycles. The van der Waals surface area contributed by atoms with Gasteiger partial charge in [0.05, 0.1) is 11.6 Å². The maximum absolute atomic E-state index is 13.8. The number of amides is 1. The highest BCUT2D eigenvalue weighted by Gasteiger charge is 2.34. The molecular formula is C14H11F3N2OS. The molecule has 21 heavy (non-hydrogen) atoms. The van der Waals surface area contributed by atoms with Gasteiger partial charge in [-0.25, -0.2) is 18.2 Å². The molecule has 2 heterocycles. The number of benzene rings is 1. The van der Waals surface area contributed by atoms with Crippen molar-refractivity contribution in [1.82, 2.24) is 9.88 Å². The smallest absolute Gasteiger partial charge is 0.257 e. The Labute approximate surface area is 123 Å². The average Bonchev–Trinajstić information content (AvgIpc) is 3.14. The highest BCUT2D eigenvalue weighted by Crippen LogP contribution is 2.34. The number of nitrogens with zero attached hydrogens (tertiary/aromatic N) is 2. The summed E-state index contributed by atoms with van der Waals surface area (Å²) in [5, 5.41) is 2.57. The van der Waals surface area contributed by atoms with Crippen molar-refractivity contribution >= 4 is 17.2 Å². The van der Waals surface area contributed by atoms with Crippen molar-refractivity contribution in [3.63, 3.8) is 0 Å². The molecule has 1 fully saturated rings. The van der Waals surface area contributed by atoms with Crippen molar-refractivity contribution in [2.24, 2.45) is 0 Å². The second-order valence-electron chi connectivity index (χ2n) is 4.75. The number of aromatic nitrogens is 1. The molecule has 1 atom stereocenters. The molecule has 110 valence electrons. The SMILES string of the molecule is O=C(c1ccc(F)c(F)c1F)N1CCCC1c1nccs1. The van der Waals surface area contributed by atoms with Crippen LogP contribution in [0, 0.1) is 17.5 Å². The van der Waals surface area contributed by atoms with Crippen molar-refractivity contribution in [2.75, 3.05) is 6.54 Å². The third-order valence-electron chi connectivity index (χ3n) is 3.52. The molecule has 1 aromatic carbocycles. The second-order valence-corrected chi connectivity index (χ2v) is 5.68. The zero-order chi connectivity index (χ0) is 15.0. The molecule has 0 bridgehead atoms. The lowest BCUT2D eigenvalue weighted by molar-refractivity contribution is 0.0729. The monoisotopic (exact) mass is 312 g/mol. The first-order chi connectivity index (χ1) is 10.1. The van der Waals surface area contributed by atoms with E-state index >= 15 is 0 Å². The van der Waals surface area contributed by atoms with E-state index in [0.717, 1.165) is 30.0 Å². The van der Waals surface area contributed by atoms with E-state index in [1.54, 1.807) is 11.6 Å². The van der Waals surface area contributed by atoms with Crippen LogP contribution in [0.5, 0.6) is 0 Å². The van der Waals surface area contributed by atoms with Crippen LogP contribution < -0.4 is 0 Å². The summed E-state index contributed by atoms with van der Waals surface area (Å²) in [6, 6.07) is 1.51. The third-order valence-corrected chi connectivity index (χ3v) is 4.39. The highest BCUT2D eigenvalue weighted by molar-refractivity contribution is 7.09. The number of likely N-dealkylation sites (tertiary alicyclic amines) is 1. The van der Waals surface area contributed by atoms with Gasteiger partial charge in [0, 0.05) is 18.1 Å². The summed E-state index contributed by atoms with van der Waals surface area (Å²) < 4.78 is 40.0. The van der Waals surface area contributed by atoms with E-state index in [4.69, 9.17) is 0 Å². The van der Waals surface area contributed by atoms with E-state index in [-0.39, 0.29) is 6.04 Å². The lowest BCUT2D eigenvalue weighted by atomic mass is 10.1. The molecule has 3 nitrogen and oxygen atoms in total. The number of carbonyl (C=O) groups is 1. The van der Waals surface area contributed by atoms with Gasteiger partial charge in [-0.05, 0) is 25.0 Å².